The molecule has 18 heavy (non-hydrogen) atoms. The molecule has 1 aromatic rings. The van der Waals surface area contributed by atoms with Crippen molar-refractivity contribution in [3.05, 3.63) is 23.4 Å². The Hall–Kier alpha value is -1.58. The van der Waals surface area contributed by atoms with Gasteiger partial charge in [-0.05, 0) is 45.2 Å². The Morgan fingerprint density at radius 2 is 2.17 bits per heavy atom. The van der Waals surface area contributed by atoms with Crippen LogP contribution in [0.5, 0.6) is 0 Å². The molecule has 1 atom stereocenters. The number of aryl methyl sites for hydroxylation is 1. The van der Waals surface area contributed by atoms with Crippen LogP contribution in [0.3, 0.4) is 0 Å². The molecule has 1 saturated heterocycles. The van der Waals surface area contributed by atoms with Crippen LogP contribution in [0.4, 0.5) is 5.82 Å². The molecule has 0 spiro atoms. The van der Waals surface area contributed by atoms with E-state index < -0.39 is 5.91 Å². The molecule has 0 radical (unpaired) electrons. The number of rotatable bonds is 2. The molecule has 0 bridgehead atoms. The van der Waals surface area contributed by atoms with Crippen molar-refractivity contribution in [3.8, 4) is 0 Å². The van der Waals surface area contributed by atoms with E-state index in [1.54, 1.807) is 6.07 Å². The monoisotopic (exact) mass is 247 g/mol. The second-order valence-corrected chi connectivity index (χ2v) is 5.92. The first-order valence-corrected chi connectivity index (χ1v) is 6.36. The van der Waals surface area contributed by atoms with Crippen LogP contribution >= 0.6 is 0 Å². The fourth-order valence-corrected chi connectivity index (χ4v) is 2.90. The van der Waals surface area contributed by atoms with Gasteiger partial charge in [0, 0.05) is 17.8 Å². The number of anilines is 1. The number of nitrogens with two attached hydrogens (primary N) is 1. The Kier molecular flexibility index (Phi) is 3.05. The number of pyridine rings is 1. The van der Waals surface area contributed by atoms with E-state index in [9.17, 15) is 4.79 Å². The largest absolute Gasteiger partial charge is 0.365 e. The van der Waals surface area contributed by atoms with E-state index in [0.717, 1.165) is 24.5 Å². The fourth-order valence-electron chi connectivity index (χ4n) is 2.90. The third-order valence-electron chi connectivity index (χ3n) is 3.61. The van der Waals surface area contributed by atoms with Gasteiger partial charge < -0.3 is 10.6 Å². The summed E-state index contributed by atoms with van der Waals surface area (Å²) >= 11 is 0. The van der Waals surface area contributed by atoms with Crippen molar-refractivity contribution in [1.82, 2.24) is 4.98 Å². The van der Waals surface area contributed by atoms with Crippen LogP contribution in [0.15, 0.2) is 12.1 Å². The SMILES string of the molecule is Cc1ccc(C(N)=O)c(N2C[C@@H](C)CC2(C)C)n1. The summed E-state index contributed by atoms with van der Waals surface area (Å²) in [6.07, 6.45) is 1.10. The number of carbonyl (C=O) groups is 1. The highest BCUT2D eigenvalue weighted by atomic mass is 16.1. The lowest BCUT2D eigenvalue weighted by Crippen LogP contribution is -2.40. The Morgan fingerprint density at radius 3 is 2.67 bits per heavy atom. The highest BCUT2D eigenvalue weighted by molar-refractivity contribution is 5.97. The Morgan fingerprint density at radius 1 is 1.50 bits per heavy atom. The fraction of sp³-hybridized carbons (Fsp3) is 0.571. The summed E-state index contributed by atoms with van der Waals surface area (Å²) in [6.45, 7) is 9.45. The molecule has 4 nitrogen and oxygen atoms in total. The van der Waals surface area contributed by atoms with E-state index in [1.807, 2.05) is 13.0 Å². The molecular formula is C14H21N3O. The van der Waals surface area contributed by atoms with E-state index in [4.69, 9.17) is 5.73 Å². The van der Waals surface area contributed by atoms with E-state index in [0.29, 0.717) is 11.5 Å². The number of amides is 1. The van der Waals surface area contributed by atoms with E-state index in [1.165, 1.54) is 0 Å². The summed E-state index contributed by atoms with van der Waals surface area (Å²) in [5, 5.41) is 0. The van der Waals surface area contributed by atoms with Crippen molar-refractivity contribution < 1.29 is 4.79 Å². The number of hydrogen-bond acceptors (Lipinski definition) is 3. The standard InChI is InChI=1S/C14H21N3O/c1-9-7-14(3,4)17(8-9)13-11(12(15)18)6-5-10(2)16-13/h5-6,9H,7-8H2,1-4H3,(H2,15,18)/t9-/m0/s1. The van der Waals surface area contributed by atoms with Gasteiger partial charge in [0.2, 0.25) is 0 Å². The van der Waals surface area contributed by atoms with E-state index >= 15 is 0 Å². The quantitative estimate of drug-likeness (QED) is 0.870. The predicted octanol–water partition coefficient (Wildman–Crippen LogP) is 2.11. The maximum Gasteiger partial charge on any atom is 0.252 e. The third-order valence-corrected chi connectivity index (χ3v) is 3.61. The molecule has 4 heteroatoms. The molecular weight excluding hydrogens is 226 g/mol. The lowest BCUT2D eigenvalue weighted by atomic mass is 9.97. The molecule has 98 valence electrons. The molecule has 1 aromatic heterocycles. The first kappa shape index (κ1) is 12.9. The summed E-state index contributed by atoms with van der Waals surface area (Å²) in [7, 11) is 0. The van der Waals surface area contributed by atoms with Crippen LogP contribution < -0.4 is 10.6 Å². The Balaban J connectivity index is 2.50. The van der Waals surface area contributed by atoms with Gasteiger partial charge in [-0.3, -0.25) is 4.79 Å². The normalized spacial score (nSPS) is 22.2. The minimum absolute atomic E-state index is 0.0183. The van der Waals surface area contributed by atoms with Gasteiger partial charge in [-0.1, -0.05) is 6.92 Å². The van der Waals surface area contributed by atoms with E-state index in [-0.39, 0.29) is 5.54 Å². The molecule has 0 aliphatic carbocycles. The van der Waals surface area contributed by atoms with Gasteiger partial charge >= 0.3 is 0 Å². The second kappa shape index (κ2) is 4.26. The number of carbonyl (C=O) groups excluding carboxylic acids is 1. The zero-order chi connectivity index (χ0) is 13.5. The summed E-state index contributed by atoms with van der Waals surface area (Å²) in [6, 6.07) is 3.61. The molecule has 2 rings (SSSR count). The maximum absolute atomic E-state index is 11.5. The molecule has 2 heterocycles. The van der Waals surface area contributed by atoms with Crippen molar-refractivity contribution in [1.29, 1.82) is 0 Å². The lowest BCUT2D eigenvalue weighted by Gasteiger charge is -2.33. The summed E-state index contributed by atoms with van der Waals surface area (Å²) in [5.41, 5.74) is 6.89. The van der Waals surface area contributed by atoms with Crippen LogP contribution in [0.25, 0.3) is 0 Å². The summed E-state index contributed by atoms with van der Waals surface area (Å²) in [5.74, 6) is 0.924. The molecule has 2 N–H and O–H groups in total. The minimum atomic E-state index is -0.409. The van der Waals surface area contributed by atoms with E-state index in [2.05, 4.69) is 30.7 Å². The van der Waals surface area contributed by atoms with Crippen LogP contribution in [-0.2, 0) is 0 Å². The maximum atomic E-state index is 11.5. The highest BCUT2D eigenvalue weighted by Gasteiger charge is 2.38. The molecule has 1 aliphatic rings. The van der Waals surface area contributed by atoms with Crippen molar-refractivity contribution in [3.63, 3.8) is 0 Å². The van der Waals surface area contributed by atoms with Gasteiger partial charge in [0.1, 0.15) is 5.82 Å². The van der Waals surface area contributed by atoms with Crippen LogP contribution in [0, 0.1) is 12.8 Å². The highest BCUT2D eigenvalue weighted by Crippen LogP contribution is 2.37. The Bertz CT molecular complexity index is 482. The number of hydrogen-bond donors (Lipinski definition) is 1. The van der Waals surface area contributed by atoms with Crippen molar-refractivity contribution in [2.45, 2.75) is 39.7 Å². The minimum Gasteiger partial charge on any atom is -0.365 e. The van der Waals surface area contributed by atoms with Gasteiger partial charge in [0.15, 0.2) is 0 Å². The topological polar surface area (TPSA) is 59.2 Å². The zero-order valence-corrected chi connectivity index (χ0v) is 11.5. The smallest absolute Gasteiger partial charge is 0.252 e. The third kappa shape index (κ3) is 2.19. The average molecular weight is 247 g/mol. The predicted molar refractivity (Wildman–Crippen MR) is 72.7 cm³/mol. The molecule has 0 aromatic carbocycles. The van der Waals surface area contributed by atoms with Crippen LogP contribution in [0.1, 0.15) is 43.2 Å². The molecule has 1 fully saturated rings. The van der Waals surface area contributed by atoms with Gasteiger partial charge in [0.25, 0.3) is 5.91 Å². The van der Waals surface area contributed by atoms with Crippen molar-refractivity contribution in [2.75, 3.05) is 11.4 Å². The molecule has 1 aliphatic heterocycles. The summed E-state index contributed by atoms with van der Waals surface area (Å²) < 4.78 is 0. The van der Waals surface area contributed by atoms with Gasteiger partial charge in [0.05, 0.1) is 5.56 Å². The number of nitrogens with zero attached hydrogens (tertiary/aromatic N) is 2. The zero-order valence-electron chi connectivity index (χ0n) is 11.5. The molecule has 1 amide bonds. The lowest BCUT2D eigenvalue weighted by molar-refractivity contribution is 0.100. The van der Waals surface area contributed by atoms with Gasteiger partial charge in [-0.15, -0.1) is 0 Å². The first-order valence-electron chi connectivity index (χ1n) is 6.36. The van der Waals surface area contributed by atoms with Crippen molar-refractivity contribution >= 4 is 11.7 Å². The Labute approximate surface area is 108 Å². The summed E-state index contributed by atoms with van der Waals surface area (Å²) in [4.78, 5) is 18.3. The first-order chi connectivity index (χ1) is 8.31. The molecule has 0 saturated carbocycles. The molecule has 0 unspecified atom stereocenters. The number of aromatic nitrogens is 1. The van der Waals surface area contributed by atoms with Crippen molar-refractivity contribution in [2.24, 2.45) is 11.7 Å². The number of primary amides is 1. The average Bonchev–Trinajstić information content (AvgIpc) is 2.51. The van der Waals surface area contributed by atoms with Crippen LogP contribution in [0.2, 0.25) is 0 Å². The van der Waals surface area contributed by atoms with Gasteiger partial charge in [-0.2, -0.15) is 0 Å². The van der Waals surface area contributed by atoms with Gasteiger partial charge in [-0.25, -0.2) is 4.98 Å². The second-order valence-electron chi connectivity index (χ2n) is 5.92. The van der Waals surface area contributed by atoms with Crippen LogP contribution in [-0.4, -0.2) is 23.0 Å².